The Kier molecular flexibility index (Phi) is 5.31. The first-order chi connectivity index (χ1) is 11.4. The van der Waals surface area contributed by atoms with E-state index in [1.807, 2.05) is 13.0 Å². The summed E-state index contributed by atoms with van der Waals surface area (Å²) >= 11 is 0. The zero-order valence-corrected chi connectivity index (χ0v) is 13.6. The number of hydrogen-bond acceptors (Lipinski definition) is 5. The Hall–Kier alpha value is -3.15. The third kappa shape index (κ3) is 4.19. The fourth-order valence-corrected chi connectivity index (χ4v) is 2.08. The van der Waals surface area contributed by atoms with Crippen LogP contribution in [0.25, 0.3) is 6.08 Å². The molecule has 0 spiro atoms. The Balaban J connectivity index is 2.26. The molecule has 2 aromatic rings. The van der Waals surface area contributed by atoms with E-state index in [1.165, 1.54) is 20.1 Å². The van der Waals surface area contributed by atoms with Crippen LogP contribution in [0.4, 0.5) is 0 Å². The van der Waals surface area contributed by atoms with Crippen molar-refractivity contribution < 1.29 is 19.2 Å². The quantitative estimate of drug-likeness (QED) is 0.360. The number of benzene rings is 2. The first-order valence-electron chi connectivity index (χ1n) is 7.20. The molecule has 0 aliphatic carbocycles. The molecule has 6 heteroatoms. The topological polar surface area (TPSA) is 78.7 Å². The number of nitro groups is 1. The second-order valence-corrected chi connectivity index (χ2v) is 5.21. The van der Waals surface area contributed by atoms with Gasteiger partial charge in [-0.05, 0) is 36.8 Å². The van der Waals surface area contributed by atoms with Crippen molar-refractivity contribution in [3.63, 3.8) is 0 Å². The van der Waals surface area contributed by atoms with Crippen molar-refractivity contribution in [3.8, 4) is 11.5 Å². The van der Waals surface area contributed by atoms with Gasteiger partial charge in [-0.15, -0.1) is 0 Å². The molecule has 0 fully saturated rings. The highest BCUT2D eigenvalue weighted by Crippen LogP contribution is 2.29. The van der Waals surface area contributed by atoms with Crippen LogP contribution in [-0.4, -0.2) is 18.0 Å². The molecular formula is C18H17NO5. The summed E-state index contributed by atoms with van der Waals surface area (Å²) in [5.41, 5.74) is 1.97. The third-order valence-electron chi connectivity index (χ3n) is 3.31. The smallest absolute Gasteiger partial charge is 0.343 e. The van der Waals surface area contributed by atoms with Gasteiger partial charge in [0.05, 0.1) is 17.6 Å². The van der Waals surface area contributed by atoms with Gasteiger partial charge < -0.3 is 9.47 Å². The van der Waals surface area contributed by atoms with Crippen molar-refractivity contribution in [1.29, 1.82) is 0 Å². The molecule has 0 amide bonds. The lowest BCUT2D eigenvalue weighted by molar-refractivity contribution is -0.422. The Labute approximate surface area is 139 Å². The lowest BCUT2D eigenvalue weighted by Gasteiger charge is -2.10. The van der Waals surface area contributed by atoms with E-state index in [0.29, 0.717) is 16.9 Å². The molecule has 2 rings (SSSR count). The largest absolute Gasteiger partial charge is 0.493 e. The number of rotatable bonds is 5. The molecular weight excluding hydrogens is 310 g/mol. The minimum absolute atomic E-state index is 0.00144. The number of nitrogens with zero attached hydrogens (tertiary/aromatic N) is 1. The van der Waals surface area contributed by atoms with Gasteiger partial charge in [-0.1, -0.05) is 23.8 Å². The summed E-state index contributed by atoms with van der Waals surface area (Å²) in [6.07, 6.45) is 1.41. The summed E-state index contributed by atoms with van der Waals surface area (Å²) in [7, 11) is 1.44. The second kappa shape index (κ2) is 7.41. The first-order valence-corrected chi connectivity index (χ1v) is 7.20. The van der Waals surface area contributed by atoms with Crippen LogP contribution in [0.1, 0.15) is 28.4 Å². The first kappa shape index (κ1) is 17.2. The number of allylic oxidation sites excluding steroid dienone is 1. The highest BCUT2D eigenvalue weighted by Gasteiger charge is 2.13. The molecule has 0 radical (unpaired) electrons. The molecule has 0 bridgehead atoms. The standard InChI is InChI=1S/C18H17NO5/c1-12-5-4-6-15(9-12)18(20)24-16-8-7-14(11-17(16)23-3)10-13(2)19(21)22/h4-11H,1-3H3/b13-10-. The van der Waals surface area contributed by atoms with Crippen molar-refractivity contribution in [2.75, 3.05) is 7.11 Å². The van der Waals surface area contributed by atoms with Crippen molar-refractivity contribution >= 4 is 12.0 Å². The number of carbonyl (C=O) groups excluding carboxylic acids is 1. The van der Waals surface area contributed by atoms with E-state index in [0.717, 1.165) is 5.56 Å². The summed E-state index contributed by atoms with van der Waals surface area (Å²) in [4.78, 5) is 22.4. The van der Waals surface area contributed by atoms with Crippen LogP contribution < -0.4 is 9.47 Å². The molecule has 0 aliphatic heterocycles. The number of carbonyl (C=O) groups is 1. The molecule has 0 N–H and O–H groups in total. The zero-order chi connectivity index (χ0) is 17.7. The molecule has 0 atom stereocenters. The van der Waals surface area contributed by atoms with Crippen LogP contribution >= 0.6 is 0 Å². The highest BCUT2D eigenvalue weighted by molar-refractivity contribution is 5.91. The van der Waals surface area contributed by atoms with Crippen molar-refractivity contribution in [3.05, 3.63) is 75.0 Å². The van der Waals surface area contributed by atoms with E-state index < -0.39 is 10.9 Å². The van der Waals surface area contributed by atoms with Crippen LogP contribution in [0.2, 0.25) is 0 Å². The molecule has 0 aromatic heterocycles. The molecule has 0 aliphatic rings. The Morgan fingerprint density at radius 1 is 1.17 bits per heavy atom. The summed E-state index contributed by atoms with van der Waals surface area (Å²) in [6, 6.07) is 11.8. The number of aryl methyl sites for hydroxylation is 1. The lowest BCUT2D eigenvalue weighted by Crippen LogP contribution is -2.09. The summed E-state index contributed by atoms with van der Waals surface area (Å²) < 4.78 is 10.6. The predicted octanol–water partition coefficient (Wildman–Crippen LogP) is 3.86. The Morgan fingerprint density at radius 2 is 1.92 bits per heavy atom. The van der Waals surface area contributed by atoms with Crippen LogP contribution in [0, 0.1) is 17.0 Å². The fourth-order valence-electron chi connectivity index (χ4n) is 2.08. The summed E-state index contributed by atoms with van der Waals surface area (Å²) in [6.45, 7) is 3.29. The lowest BCUT2D eigenvalue weighted by atomic mass is 10.1. The third-order valence-corrected chi connectivity index (χ3v) is 3.31. The van der Waals surface area contributed by atoms with Crippen LogP contribution in [0.5, 0.6) is 11.5 Å². The van der Waals surface area contributed by atoms with Gasteiger partial charge in [0.25, 0.3) is 0 Å². The summed E-state index contributed by atoms with van der Waals surface area (Å²) in [5, 5.41) is 10.7. The minimum Gasteiger partial charge on any atom is -0.493 e. The van der Waals surface area contributed by atoms with Crippen LogP contribution in [0.3, 0.4) is 0 Å². The summed E-state index contributed by atoms with van der Waals surface area (Å²) in [5.74, 6) is 0.0718. The van der Waals surface area contributed by atoms with E-state index in [1.54, 1.807) is 36.4 Å². The normalized spacial score (nSPS) is 11.0. The van der Waals surface area contributed by atoms with E-state index in [9.17, 15) is 14.9 Å². The van der Waals surface area contributed by atoms with Gasteiger partial charge in [-0.3, -0.25) is 10.1 Å². The minimum atomic E-state index is -0.498. The average Bonchev–Trinajstić information content (AvgIpc) is 2.55. The average molecular weight is 327 g/mol. The molecule has 24 heavy (non-hydrogen) atoms. The van der Waals surface area contributed by atoms with Gasteiger partial charge in [-0.25, -0.2) is 4.79 Å². The molecule has 6 nitrogen and oxygen atoms in total. The monoisotopic (exact) mass is 327 g/mol. The van der Waals surface area contributed by atoms with E-state index in [4.69, 9.17) is 9.47 Å². The molecule has 0 saturated carbocycles. The molecule has 2 aromatic carbocycles. The predicted molar refractivity (Wildman–Crippen MR) is 89.8 cm³/mol. The molecule has 0 unspecified atom stereocenters. The Bertz CT molecular complexity index is 811. The van der Waals surface area contributed by atoms with Gasteiger partial charge in [0.2, 0.25) is 5.70 Å². The van der Waals surface area contributed by atoms with Crippen LogP contribution in [-0.2, 0) is 0 Å². The maximum atomic E-state index is 12.2. The van der Waals surface area contributed by atoms with Gasteiger partial charge in [0.15, 0.2) is 11.5 Å². The van der Waals surface area contributed by atoms with E-state index >= 15 is 0 Å². The van der Waals surface area contributed by atoms with Crippen molar-refractivity contribution in [2.45, 2.75) is 13.8 Å². The zero-order valence-electron chi connectivity index (χ0n) is 13.6. The SMILES string of the molecule is COc1cc(/C=C(/C)[N+](=O)[O-])ccc1OC(=O)c1cccc(C)c1. The number of esters is 1. The van der Waals surface area contributed by atoms with Gasteiger partial charge in [-0.2, -0.15) is 0 Å². The van der Waals surface area contributed by atoms with Gasteiger partial charge >= 0.3 is 5.97 Å². The van der Waals surface area contributed by atoms with Gasteiger partial charge in [0.1, 0.15) is 0 Å². The van der Waals surface area contributed by atoms with Crippen molar-refractivity contribution in [2.24, 2.45) is 0 Å². The maximum absolute atomic E-state index is 12.2. The van der Waals surface area contributed by atoms with Crippen molar-refractivity contribution in [1.82, 2.24) is 0 Å². The number of hydrogen-bond donors (Lipinski definition) is 0. The number of ether oxygens (including phenoxy) is 2. The molecule has 124 valence electrons. The van der Waals surface area contributed by atoms with Gasteiger partial charge in [0, 0.05) is 13.0 Å². The highest BCUT2D eigenvalue weighted by atomic mass is 16.6. The van der Waals surface area contributed by atoms with E-state index in [2.05, 4.69) is 0 Å². The Morgan fingerprint density at radius 3 is 2.54 bits per heavy atom. The van der Waals surface area contributed by atoms with E-state index in [-0.39, 0.29) is 11.4 Å². The second-order valence-electron chi connectivity index (χ2n) is 5.21. The molecule has 0 heterocycles. The molecule has 0 saturated heterocycles. The maximum Gasteiger partial charge on any atom is 0.343 e. The fraction of sp³-hybridized carbons (Fsp3) is 0.167. The van der Waals surface area contributed by atoms with Crippen LogP contribution in [0.15, 0.2) is 48.2 Å². The number of methoxy groups -OCH3 is 1.